The van der Waals surface area contributed by atoms with Gasteiger partial charge < -0.3 is 20.3 Å². The fraction of sp³-hybridized carbons (Fsp3) is 0.333. The van der Waals surface area contributed by atoms with E-state index >= 15 is 0 Å². The molecule has 2 atom stereocenters. The molecule has 0 unspecified atom stereocenters. The SMILES string of the molecule is C=C(C[C@@H](O)[C@H](C)NC(=O)OCc1ccccc1)C(=O)O. The van der Waals surface area contributed by atoms with Crippen molar-refractivity contribution < 1.29 is 24.5 Å². The molecular formula is C15H19NO5. The van der Waals surface area contributed by atoms with Crippen molar-refractivity contribution in [1.82, 2.24) is 5.32 Å². The first-order valence-electron chi connectivity index (χ1n) is 6.46. The molecule has 1 aromatic carbocycles. The van der Waals surface area contributed by atoms with E-state index in [0.29, 0.717) is 0 Å². The number of hydrogen-bond donors (Lipinski definition) is 3. The van der Waals surface area contributed by atoms with Crippen molar-refractivity contribution in [2.75, 3.05) is 0 Å². The number of carboxylic acids is 1. The summed E-state index contributed by atoms with van der Waals surface area (Å²) < 4.78 is 5.00. The first-order chi connectivity index (χ1) is 9.90. The summed E-state index contributed by atoms with van der Waals surface area (Å²) in [7, 11) is 0. The summed E-state index contributed by atoms with van der Waals surface area (Å²) in [5.74, 6) is -1.17. The van der Waals surface area contributed by atoms with Gasteiger partial charge in [0, 0.05) is 12.0 Å². The van der Waals surface area contributed by atoms with Crippen molar-refractivity contribution in [3.8, 4) is 0 Å². The number of carbonyl (C=O) groups excluding carboxylic acids is 1. The van der Waals surface area contributed by atoms with Gasteiger partial charge in [0.25, 0.3) is 0 Å². The molecule has 0 spiro atoms. The second-order valence-electron chi connectivity index (χ2n) is 4.67. The van der Waals surface area contributed by atoms with E-state index in [-0.39, 0.29) is 18.6 Å². The highest BCUT2D eigenvalue weighted by Crippen LogP contribution is 2.07. The van der Waals surface area contributed by atoms with E-state index in [1.165, 1.54) is 0 Å². The first-order valence-corrected chi connectivity index (χ1v) is 6.46. The zero-order valence-electron chi connectivity index (χ0n) is 11.8. The summed E-state index contributed by atoms with van der Waals surface area (Å²) in [6.07, 6.45) is -1.85. The van der Waals surface area contributed by atoms with Crippen molar-refractivity contribution in [2.24, 2.45) is 0 Å². The van der Waals surface area contributed by atoms with Gasteiger partial charge in [-0.05, 0) is 12.5 Å². The maximum absolute atomic E-state index is 11.6. The predicted octanol–water partition coefficient (Wildman–Crippen LogP) is 1.69. The fourth-order valence-corrected chi connectivity index (χ4v) is 1.56. The molecule has 0 radical (unpaired) electrons. The average Bonchev–Trinajstić information content (AvgIpc) is 2.45. The molecule has 0 heterocycles. The Hall–Kier alpha value is -2.34. The number of amides is 1. The minimum atomic E-state index is -1.17. The Balaban J connectivity index is 2.36. The van der Waals surface area contributed by atoms with E-state index in [2.05, 4.69) is 11.9 Å². The molecule has 3 N–H and O–H groups in total. The van der Waals surface area contributed by atoms with Crippen LogP contribution in [0.25, 0.3) is 0 Å². The minimum absolute atomic E-state index is 0.117. The summed E-state index contributed by atoms with van der Waals surface area (Å²) in [5, 5.41) is 20.9. The lowest BCUT2D eigenvalue weighted by molar-refractivity contribution is -0.133. The van der Waals surface area contributed by atoms with Crippen LogP contribution in [0.5, 0.6) is 0 Å². The van der Waals surface area contributed by atoms with Gasteiger partial charge >= 0.3 is 12.1 Å². The van der Waals surface area contributed by atoms with Crippen molar-refractivity contribution in [3.63, 3.8) is 0 Å². The van der Waals surface area contributed by atoms with Crippen LogP contribution >= 0.6 is 0 Å². The smallest absolute Gasteiger partial charge is 0.407 e. The van der Waals surface area contributed by atoms with Crippen molar-refractivity contribution in [2.45, 2.75) is 32.1 Å². The van der Waals surface area contributed by atoms with E-state index in [9.17, 15) is 14.7 Å². The molecule has 6 heteroatoms. The molecular weight excluding hydrogens is 274 g/mol. The Morgan fingerprint density at radius 3 is 2.52 bits per heavy atom. The maximum atomic E-state index is 11.6. The highest BCUT2D eigenvalue weighted by molar-refractivity contribution is 5.85. The van der Waals surface area contributed by atoms with Crippen LogP contribution in [-0.2, 0) is 16.1 Å². The Morgan fingerprint density at radius 1 is 1.33 bits per heavy atom. The van der Waals surface area contributed by atoms with Crippen LogP contribution in [0.2, 0.25) is 0 Å². The number of aliphatic carboxylic acids is 1. The summed E-state index contributed by atoms with van der Waals surface area (Å²) >= 11 is 0. The first kappa shape index (κ1) is 16.7. The Labute approximate surface area is 123 Å². The van der Waals surface area contributed by atoms with Crippen molar-refractivity contribution in [3.05, 3.63) is 48.0 Å². The number of nitrogens with one attached hydrogen (secondary N) is 1. The van der Waals surface area contributed by atoms with Crippen LogP contribution in [0, 0.1) is 0 Å². The molecule has 0 aliphatic rings. The molecule has 0 bridgehead atoms. The van der Waals surface area contributed by atoms with Gasteiger partial charge in [-0.3, -0.25) is 0 Å². The fourth-order valence-electron chi connectivity index (χ4n) is 1.56. The molecule has 0 aromatic heterocycles. The molecule has 6 nitrogen and oxygen atoms in total. The van der Waals surface area contributed by atoms with Crippen LogP contribution in [0.4, 0.5) is 4.79 Å². The van der Waals surface area contributed by atoms with Crippen molar-refractivity contribution in [1.29, 1.82) is 0 Å². The molecule has 0 aliphatic carbocycles. The number of hydrogen-bond acceptors (Lipinski definition) is 4. The zero-order valence-corrected chi connectivity index (χ0v) is 11.8. The van der Waals surface area contributed by atoms with Crippen molar-refractivity contribution >= 4 is 12.1 Å². The zero-order chi connectivity index (χ0) is 15.8. The summed E-state index contributed by atoms with van der Waals surface area (Å²) in [4.78, 5) is 22.2. The van der Waals surface area contributed by atoms with Gasteiger partial charge in [-0.1, -0.05) is 36.9 Å². The van der Waals surface area contributed by atoms with Crippen LogP contribution in [0.3, 0.4) is 0 Å². The van der Waals surface area contributed by atoms with E-state index in [0.717, 1.165) is 5.56 Å². The maximum Gasteiger partial charge on any atom is 0.407 e. The van der Waals surface area contributed by atoms with Crippen LogP contribution in [-0.4, -0.2) is 34.4 Å². The van der Waals surface area contributed by atoms with E-state index in [4.69, 9.17) is 9.84 Å². The highest BCUT2D eigenvalue weighted by Gasteiger charge is 2.20. The van der Waals surface area contributed by atoms with E-state index < -0.39 is 24.2 Å². The molecule has 0 fully saturated rings. The van der Waals surface area contributed by atoms with Gasteiger partial charge in [-0.2, -0.15) is 0 Å². The standard InChI is InChI=1S/C15H19NO5/c1-10(14(18)19)8-13(17)11(2)16-15(20)21-9-12-6-4-3-5-7-12/h3-7,11,13,17H,1,8-9H2,2H3,(H,16,20)(H,18,19)/t11-,13+/m0/s1. The van der Waals surface area contributed by atoms with Crippen LogP contribution in [0.1, 0.15) is 18.9 Å². The molecule has 1 rings (SSSR count). The number of rotatable bonds is 7. The highest BCUT2D eigenvalue weighted by atomic mass is 16.5. The molecule has 21 heavy (non-hydrogen) atoms. The topological polar surface area (TPSA) is 95.9 Å². The lowest BCUT2D eigenvalue weighted by atomic mass is 10.0. The second kappa shape index (κ2) is 8.06. The number of aliphatic hydroxyl groups is 1. The normalized spacial score (nSPS) is 13.0. The Morgan fingerprint density at radius 2 is 1.95 bits per heavy atom. The van der Waals surface area contributed by atoms with Gasteiger partial charge in [0.1, 0.15) is 6.61 Å². The largest absolute Gasteiger partial charge is 0.478 e. The molecule has 0 saturated carbocycles. The van der Waals surface area contributed by atoms with Gasteiger partial charge in [0.15, 0.2) is 0 Å². The third kappa shape index (κ3) is 6.09. The summed E-state index contributed by atoms with van der Waals surface area (Å²) in [5.41, 5.74) is 0.730. The third-order valence-electron chi connectivity index (χ3n) is 2.89. The van der Waals surface area contributed by atoms with Crippen LogP contribution < -0.4 is 5.32 Å². The average molecular weight is 293 g/mol. The number of alkyl carbamates (subject to hydrolysis) is 1. The monoisotopic (exact) mass is 293 g/mol. The number of carbonyl (C=O) groups is 2. The molecule has 1 amide bonds. The lowest BCUT2D eigenvalue weighted by Crippen LogP contribution is -2.41. The molecule has 1 aromatic rings. The molecule has 0 saturated heterocycles. The number of carboxylic acid groups (broad SMARTS) is 1. The number of benzene rings is 1. The van der Waals surface area contributed by atoms with Gasteiger partial charge in [0.2, 0.25) is 0 Å². The van der Waals surface area contributed by atoms with E-state index in [1.807, 2.05) is 30.3 Å². The van der Waals surface area contributed by atoms with E-state index in [1.54, 1.807) is 6.92 Å². The minimum Gasteiger partial charge on any atom is -0.478 e. The quantitative estimate of drug-likeness (QED) is 0.665. The predicted molar refractivity (Wildman–Crippen MR) is 76.6 cm³/mol. The third-order valence-corrected chi connectivity index (χ3v) is 2.89. The number of aliphatic hydroxyl groups excluding tert-OH is 1. The molecule has 0 aliphatic heterocycles. The van der Waals surface area contributed by atoms with Gasteiger partial charge in [-0.25, -0.2) is 9.59 Å². The summed E-state index contributed by atoms with van der Waals surface area (Å²) in [6.45, 7) is 5.01. The number of ether oxygens (including phenoxy) is 1. The lowest BCUT2D eigenvalue weighted by Gasteiger charge is -2.20. The van der Waals surface area contributed by atoms with Gasteiger partial charge in [0.05, 0.1) is 12.1 Å². The van der Waals surface area contributed by atoms with Crippen LogP contribution in [0.15, 0.2) is 42.5 Å². The second-order valence-corrected chi connectivity index (χ2v) is 4.67. The molecule has 114 valence electrons. The Bertz CT molecular complexity index is 500. The summed E-state index contributed by atoms with van der Waals surface area (Å²) in [6, 6.07) is 8.52. The Kier molecular flexibility index (Phi) is 6.42. The van der Waals surface area contributed by atoms with Gasteiger partial charge in [-0.15, -0.1) is 0 Å².